The van der Waals surface area contributed by atoms with Crippen LogP contribution in [0.25, 0.3) is 21.5 Å². The number of aromatic nitrogens is 2. The molecule has 0 saturated carbocycles. The summed E-state index contributed by atoms with van der Waals surface area (Å²) in [7, 11) is 1.00. The van der Waals surface area contributed by atoms with Crippen molar-refractivity contribution >= 4 is 27.6 Å². The first-order valence-electron chi connectivity index (χ1n) is 10.3. The Hall–Kier alpha value is -3.11. The monoisotopic (exact) mass is 481 g/mol. The van der Waals surface area contributed by atoms with Gasteiger partial charge in [-0.3, -0.25) is 4.98 Å². The van der Waals surface area contributed by atoms with E-state index in [1.807, 2.05) is 19.9 Å². The first-order valence-corrected chi connectivity index (χ1v) is 11.1. The minimum atomic E-state index is -4.31. The van der Waals surface area contributed by atoms with Crippen LogP contribution in [0.5, 0.6) is 0 Å². The van der Waals surface area contributed by atoms with Crippen molar-refractivity contribution in [2.75, 3.05) is 19.0 Å². The van der Waals surface area contributed by atoms with E-state index < -0.39 is 17.5 Å². The third-order valence-corrected chi connectivity index (χ3v) is 5.42. The minimum absolute atomic E-state index is 0.489. The summed E-state index contributed by atoms with van der Waals surface area (Å²) in [6.45, 7) is 4.65. The van der Waals surface area contributed by atoms with Crippen LogP contribution >= 0.6 is 11.3 Å². The first kappa shape index (κ1) is 26.1. The summed E-state index contributed by atoms with van der Waals surface area (Å²) in [5.41, 5.74) is 2.26. The zero-order chi connectivity index (χ0) is 24.4. The fourth-order valence-corrected chi connectivity index (χ4v) is 3.77. The Labute approximate surface area is 193 Å². The van der Waals surface area contributed by atoms with E-state index in [1.165, 1.54) is 23.5 Å². The van der Waals surface area contributed by atoms with E-state index >= 15 is 0 Å². The number of nitrogens with zero attached hydrogens (tertiary/aromatic N) is 1. The van der Waals surface area contributed by atoms with Crippen molar-refractivity contribution in [3.05, 3.63) is 70.3 Å². The molecule has 0 aliphatic heterocycles. The number of aliphatic hydroxyl groups is 1. The molecule has 0 unspecified atom stereocenters. The molecular weight excluding hydrogens is 455 g/mol. The molecule has 0 amide bonds. The summed E-state index contributed by atoms with van der Waals surface area (Å²) < 4.78 is 42.8. The Balaban J connectivity index is 0.000000914. The van der Waals surface area contributed by atoms with Gasteiger partial charge < -0.3 is 14.8 Å². The average molecular weight is 482 g/mol. The molecule has 0 aliphatic carbocycles. The lowest BCUT2D eigenvalue weighted by Gasteiger charge is -2.07. The zero-order valence-electron chi connectivity index (χ0n) is 18.5. The van der Waals surface area contributed by atoms with Crippen molar-refractivity contribution in [2.45, 2.75) is 32.9 Å². The van der Waals surface area contributed by atoms with Crippen LogP contribution in [0.4, 0.5) is 18.3 Å². The van der Waals surface area contributed by atoms with E-state index in [2.05, 4.69) is 15.3 Å². The van der Waals surface area contributed by atoms with Crippen molar-refractivity contribution in [1.82, 2.24) is 9.97 Å². The van der Waals surface area contributed by atoms with Crippen LogP contribution < -0.4 is 11.1 Å². The van der Waals surface area contributed by atoms with Crippen LogP contribution in [-0.2, 0) is 12.6 Å². The molecule has 0 spiro atoms. The van der Waals surface area contributed by atoms with Gasteiger partial charge in [0.2, 0.25) is 0 Å². The summed E-state index contributed by atoms with van der Waals surface area (Å²) in [6, 6.07) is 10.7. The fraction of sp³-hybridized carbons (Fsp3) is 0.304. The number of hydrogen-bond donors (Lipinski definition) is 3. The summed E-state index contributed by atoms with van der Waals surface area (Å²) in [5.74, 6) is -0.489. The van der Waals surface area contributed by atoms with Gasteiger partial charge in [-0.2, -0.15) is 13.2 Å². The molecule has 0 aliphatic rings. The van der Waals surface area contributed by atoms with Gasteiger partial charge in [0.1, 0.15) is 0 Å². The highest BCUT2D eigenvalue weighted by Gasteiger charge is 2.29. The first-order chi connectivity index (χ1) is 15.9. The fourth-order valence-electron chi connectivity index (χ4n) is 2.94. The molecule has 0 fully saturated rings. The molecule has 4 aromatic rings. The number of alkyl halides is 3. The number of anilines is 1. The number of oxazole rings is 1. The SMILES string of the molecule is CC.CO.O=c1[nH]c2ccc(-c3cnc(NCCCc4ccc(C(F)(F)F)cc4)s3)cc2o1. The quantitative estimate of drug-likeness (QED) is 0.296. The predicted octanol–water partition coefficient (Wildman–Crippen LogP) is 5.94. The molecule has 2 aromatic heterocycles. The van der Waals surface area contributed by atoms with Crippen molar-refractivity contribution in [3.8, 4) is 10.4 Å². The second-order valence-corrected chi connectivity index (χ2v) is 7.51. The number of nitrogens with one attached hydrogen (secondary N) is 2. The highest BCUT2D eigenvalue weighted by molar-refractivity contribution is 7.18. The summed E-state index contributed by atoms with van der Waals surface area (Å²) in [4.78, 5) is 19.1. The average Bonchev–Trinajstić information content (AvgIpc) is 3.44. The Morgan fingerprint density at radius 1 is 1.12 bits per heavy atom. The third kappa shape index (κ3) is 7.19. The van der Waals surface area contributed by atoms with Gasteiger partial charge in [0.15, 0.2) is 10.7 Å². The van der Waals surface area contributed by atoms with Gasteiger partial charge in [-0.05, 0) is 48.2 Å². The van der Waals surface area contributed by atoms with E-state index in [0.717, 1.165) is 46.8 Å². The van der Waals surface area contributed by atoms with Crippen LogP contribution in [0.2, 0.25) is 0 Å². The number of rotatable bonds is 6. The number of thiazole rings is 1. The summed E-state index contributed by atoms with van der Waals surface area (Å²) in [5, 5.41) is 11.0. The lowest BCUT2D eigenvalue weighted by molar-refractivity contribution is -0.137. The number of benzene rings is 2. The minimum Gasteiger partial charge on any atom is -0.408 e. The maximum atomic E-state index is 12.6. The Bertz CT molecular complexity index is 1180. The smallest absolute Gasteiger partial charge is 0.408 e. The molecule has 2 aromatic carbocycles. The number of hydrogen-bond acceptors (Lipinski definition) is 6. The molecule has 33 heavy (non-hydrogen) atoms. The van der Waals surface area contributed by atoms with Crippen molar-refractivity contribution < 1.29 is 22.7 Å². The van der Waals surface area contributed by atoms with E-state index in [4.69, 9.17) is 9.52 Å². The van der Waals surface area contributed by atoms with Gasteiger partial charge in [-0.15, -0.1) is 0 Å². The molecular formula is C23H26F3N3O3S. The summed E-state index contributed by atoms with van der Waals surface area (Å²) >= 11 is 1.48. The highest BCUT2D eigenvalue weighted by Crippen LogP contribution is 2.31. The summed E-state index contributed by atoms with van der Waals surface area (Å²) in [6.07, 6.45) is -1.12. The van der Waals surface area contributed by atoms with Crippen molar-refractivity contribution in [3.63, 3.8) is 0 Å². The molecule has 3 N–H and O–H groups in total. The Morgan fingerprint density at radius 2 is 1.82 bits per heavy atom. The molecule has 4 rings (SSSR count). The molecule has 10 heteroatoms. The van der Waals surface area contributed by atoms with Crippen molar-refractivity contribution in [1.29, 1.82) is 0 Å². The van der Waals surface area contributed by atoms with Gasteiger partial charge in [-0.25, -0.2) is 9.78 Å². The maximum absolute atomic E-state index is 12.6. The number of aromatic amines is 1. The van der Waals surface area contributed by atoms with E-state index in [-0.39, 0.29) is 0 Å². The lowest BCUT2D eigenvalue weighted by Crippen LogP contribution is -2.05. The van der Waals surface area contributed by atoms with Gasteiger partial charge in [-0.1, -0.05) is 43.4 Å². The van der Waals surface area contributed by atoms with Gasteiger partial charge in [0.25, 0.3) is 0 Å². The van der Waals surface area contributed by atoms with E-state index in [0.29, 0.717) is 24.1 Å². The number of aryl methyl sites for hydroxylation is 1. The molecule has 0 atom stereocenters. The topological polar surface area (TPSA) is 91.1 Å². The second-order valence-electron chi connectivity index (χ2n) is 6.48. The molecule has 0 radical (unpaired) electrons. The number of fused-ring (bicyclic) bond motifs is 1. The lowest BCUT2D eigenvalue weighted by atomic mass is 10.1. The Morgan fingerprint density at radius 3 is 2.48 bits per heavy atom. The molecule has 178 valence electrons. The van der Waals surface area contributed by atoms with Gasteiger partial charge in [0, 0.05) is 19.9 Å². The molecule has 0 bridgehead atoms. The van der Waals surface area contributed by atoms with Gasteiger partial charge >= 0.3 is 11.9 Å². The molecule has 6 nitrogen and oxygen atoms in total. The Kier molecular flexibility index (Phi) is 9.68. The van der Waals surface area contributed by atoms with Gasteiger partial charge in [0.05, 0.1) is 16.0 Å². The standard InChI is InChI=1S/C20H16F3N3O2S.C2H6.CH4O/c21-20(22,23)14-6-3-12(4-7-14)2-1-9-24-18-25-11-17(29-18)13-5-8-15-16(10-13)28-19(27)26-15;2*1-2/h3-8,10-11H,1-2,9H2,(H,24,25)(H,26,27);1-2H3;2H,1H3. The number of halogens is 3. The number of aliphatic hydroxyl groups excluding tert-OH is 1. The maximum Gasteiger partial charge on any atom is 0.417 e. The second kappa shape index (κ2) is 12.2. The van der Waals surface area contributed by atoms with Crippen molar-refractivity contribution in [2.24, 2.45) is 0 Å². The highest BCUT2D eigenvalue weighted by atomic mass is 32.1. The number of H-pyrrole nitrogens is 1. The third-order valence-electron chi connectivity index (χ3n) is 4.41. The van der Waals surface area contributed by atoms with Crippen LogP contribution in [0.15, 0.2) is 57.9 Å². The molecule has 0 saturated heterocycles. The van der Waals surface area contributed by atoms with E-state index in [1.54, 1.807) is 18.3 Å². The van der Waals surface area contributed by atoms with E-state index in [9.17, 15) is 18.0 Å². The normalized spacial score (nSPS) is 10.8. The van der Waals surface area contributed by atoms with Crippen LogP contribution in [0.1, 0.15) is 31.4 Å². The van der Waals surface area contributed by atoms with Crippen LogP contribution in [0.3, 0.4) is 0 Å². The zero-order valence-corrected chi connectivity index (χ0v) is 19.3. The predicted molar refractivity (Wildman–Crippen MR) is 126 cm³/mol. The van der Waals surface area contributed by atoms with Crippen LogP contribution in [0, 0.1) is 0 Å². The largest absolute Gasteiger partial charge is 0.417 e. The molecule has 2 heterocycles. The van der Waals surface area contributed by atoms with Crippen LogP contribution in [-0.4, -0.2) is 28.7 Å².